The molecule has 0 radical (unpaired) electrons. The second-order valence-electron chi connectivity index (χ2n) is 6.11. The topological polar surface area (TPSA) is 118 Å². The lowest BCUT2D eigenvalue weighted by molar-refractivity contribution is -0.139. The zero-order valence-corrected chi connectivity index (χ0v) is 16.8. The summed E-state index contributed by atoms with van der Waals surface area (Å²) >= 11 is 5.81. The number of ether oxygens (including phenoxy) is 1. The van der Waals surface area contributed by atoms with E-state index in [1.165, 1.54) is 24.3 Å². The first-order valence-corrected chi connectivity index (χ1v) is 10.5. The Kier molecular flexibility index (Phi) is 6.80. The van der Waals surface area contributed by atoms with Gasteiger partial charge in [0.2, 0.25) is 10.0 Å². The van der Waals surface area contributed by atoms with Crippen LogP contribution < -0.4 is 10.6 Å². The zero-order chi connectivity index (χ0) is 20.9. The third-order valence-corrected chi connectivity index (χ3v) is 6.32. The van der Waals surface area contributed by atoms with E-state index in [9.17, 15) is 18.0 Å². The third kappa shape index (κ3) is 5.30. The first kappa shape index (κ1) is 21.2. The van der Waals surface area contributed by atoms with Gasteiger partial charge in [0.25, 0.3) is 0 Å². The maximum absolute atomic E-state index is 12.8. The molecule has 29 heavy (non-hydrogen) atoms. The minimum Gasteiger partial charge on any atom is -0.359 e. The van der Waals surface area contributed by atoms with Gasteiger partial charge in [-0.2, -0.15) is 4.31 Å². The van der Waals surface area contributed by atoms with Crippen LogP contribution in [0.1, 0.15) is 5.69 Å². The second-order valence-corrected chi connectivity index (χ2v) is 8.44. The lowest BCUT2D eigenvalue weighted by Crippen LogP contribution is -2.47. The highest BCUT2D eigenvalue weighted by Crippen LogP contribution is 2.23. The number of carbonyl (C=O) groups is 2. The summed E-state index contributed by atoms with van der Waals surface area (Å²) in [6.07, 6.45) is 0.664. The number of halogens is 1. The number of nitrogens with zero attached hydrogens (tertiary/aromatic N) is 2. The minimum atomic E-state index is -3.83. The summed E-state index contributed by atoms with van der Waals surface area (Å²) in [7, 11) is -3.83. The Morgan fingerprint density at radius 3 is 2.55 bits per heavy atom. The number of aromatic nitrogens is 1. The van der Waals surface area contributed by atoms with Crippen molar-refractivity contribution in [3.05, 3.63) is 59.4 Å². The standard InChI is InChI=1S/C18H19ClN4O5S/c19-13-4-6-15(7-5-13)29(26,27)23-9-10-28-16(23)12-22-18(25)17(24)21-11-14-3-1-2-8-20-14/h1-8,16H,9-12H2,(H,21,24)(H,22,25)/t16-/m0/s1. The third-order valence-electron chi connectivity index (χ3n) is 4.16. The van der Waals surface area contributed by atoms with Crippen molar-refractivity contribution in [2.45, 2.75) is 17.7 Å². The van der Waals surface area contributed by atoms with Gasteiger partial charge in [-0.1, -0.05) is 17.7 Å². The molecule has 1 saturated heterocycles. The summed E-state index contributed by atoms with van der Waals surface area (Å²) in [5.41, 5.74) is 0.605. The Morgan fingerprint density at radius 2 is 1.86 bits per heavy atom. The quantitative estimate of drug-likeness (QED) is 0.635. The molecule has 2 heterocycles. The average molecular weight is 439 g/mol. The minimum absolute atomic E-state index is 0.0665. The number of carbonyl (C=O) groups excluding carboxylic acids is 2. The van der Waals surface area contributed by atoms with Crippen LogP contribution >= 0.6 is 11.6 Å². The van der Waals surface area contributed by atoms with E-state index in [1.54, 1.807) is 24.4 Å². The highest BCUT2D eigenvalue weighted by atomic mass is 35.5. The van der Waals surface area contributed by atoms with Gasteiger partial charge in [0.05, 0.1) is 30.3 Å². The Morgan fingerprint density at radius 1 is 1.14 bits per heavy atom. The molecule has 1 aromatic carbocycles. The largest absolute Gasteiger partial charge is 0.359 e. The Hall–Kier alpha value is -2.53. The maximum atomic E-state index is 12.8. The van der Waals surface area contributed by atoms with Crippen LogP contribution in [0.25, 0.3) is 0 Å². The second kappa shape index (κ2) is 9.31. The van der Waals surface area contributed by atoms with Crippen LogP contribution in [0.3, 0.4) is 0 Å². The molecule has 154 valence electrons. The van der Waals surface area contributed by atoms with Crippen molar-refractivity contribution in [2.24, 2.45) is 0 Å². The normalized spacial score (nSPS) is 17.1. The number of hydrogen-bond acceptors (Lipinski definition) is 6. The molecule has 0 saturated carbocycles. The molecule has 0 spiro atoms. The maximum Gasteiger partial charge on any atom is 0.309 e. The number of amides is 2. The van der Waals surface area contributed by atoms with Gasteiger partial charge in [-0.05, 0) is 36.4 Å². The van der Waals surface area contributed by atoms with Gasteiger partial charge in [0.1, 0.15) is 6.23 Å². The fourth-order valence-electron chi connectivity index (χ4n) is 2.70. The van der Waals surface area contributed by atoms with Crippen LogP contribution in [0.4, 0.5) is 0 Å². The fourth-order valence-corrected chi connectivity index (χ4v) is 4.33. The highest BCUT2D eigenvalue weighted by Gasteiger charge is 2.36. The lowest BCUT2D eigenvalue weighted by atomic mass is 10.3. The van der Waals surface area contributed by atoms with Crippen LogP contribution in [0.5, 0.6) is 0 Å². The van der Waals surface area contributed by atoms with Gasteiger partial charge in [-0.15, -0.1) is 0 Å². The molecule has 9 nitrogen and oxygen atoms in total. The van der Waals surface area contributed by atoms with Gasteiger partial charge >= 0.3 is 11.8 Å². The van der Waals surface area contributed by atoms with Crippen molar-refractivity contribution in [1.82, 2.24) is 19.9 Å². The van der Waals surface area contributed by atoms with Crippen LogP contribution in [0, 0.1) is 0 Å². The van der Waals surface area contributed by atoms with Crippen molar-refractivity contribution in [1.29, 1.82) is 0 Å². The van der Waals surface area contributed by atoms with E-state index in [1.807, 2.05) is 0 Å². The molecule has 2 aromatic rings. The summed E-state index contributed by atoms with van der Waals surface area (Å²) < 4.78 is 32.2. The Balaban J connectivity index is 1.55. The summed E-state index contributed by atoms with van der Waals surface area (Å²) in [4.78, 5) is 28.0. The lowest BCUT2D eigenvalue weighted by Gasteiger charge is -2.22. The van der Waals surface area contributed by atoms with E-state index < -0.39 is 28.1 Å². The molecule has 0 unspecified atom stereocenters. The van der Waals surface area contributed by atoms with E-state index in [4.69, 9.17) is 16.3 Å². The van der Waals surface area contributed by atoms with Crippen LogP contribution in [0.15, 0.2) is 53.6 Å². The van der Waals surface area contributed by atoms with E-state index in [2.05, 4.69) is 15.6 Å². The molecule has 0 bridgehead atoms. The SMILES string of the molecule is O=C(NCc1ccccn1)C(=O)NC[C@@H]1OCCN1S(=O)(=O)c1ccc(Cl)cc1. The molecule has 1 fully saturated rings. The number of benzene rings is 1. The van der Waals surface area contributed by atoms with E-state index in [0.29, 0.717) is 10.7 Å². The van der Waals surface area contributed by atoms with Crippen LogP contribution in [0.2, 0.25) is 5.02 Å². The predicted octanol–water partition coefficient (Wildman–Crippen LogP) is 0.515. The van der Waals surface area contributed by atoms with Crippen molar-refractivity contribution in [3.63, 3.8) is 0 Å². The molecule has 1 aliphatic rings. The molecule has 2 N–H and O–H groups in total. The first-order chi connectivity index (χ1) is 13.9. The molecule has 1 aliphatic heterocycles. The molecular weight excluding hydrogens is 420 g/mol. The zero-order valence-electron chi connectivity index (χ0n) is 15.2. The number of hydrogen-bond donors (Lipinski definition) is 2. The fraction of sp³-hybridized carbons (Fsp3) is 0.278. The van der Waals surface area contributed by atoms with E-state index in [-0.39, 0.29) is 31.1 Å². The summed E-state index contributed by atoms with van der Waals surface area (Å²) in [5, 5.41) is 5.27. The molecule has 1 aromatic heterocycles. The molecule has 1 atom stereocenters. The summed E-state index contributed by atoms with van der Waals surface area (Å²) in [6.45, 7) is 0.253. The van der Waals surface area contributed by atoms with Gasteiger partial charge in [0.15, 0.2) is 0 Å². The Labute approximate surface area is 173 Å². The molecule has 0 aliphatic carbocycles. The molecule has 3 rings (SSSR count). The molecular formula is C18H19ClN4O5S. The van der Waals surface area contributed by atoms with Gasteiger partial charge in [-0.25, -0.2) is 8.42 Å². The Bertz CT molecular complexity index is 970. The van der Waals surface area contributed by atoms with Crippen molar-refractivity contribution >= 4 is 33.4 Å². The van der Waals surface area contributed by atoms with E-state index >= 15 is 0 Å². The average Bonchev–Trinajstić information content (AvgIpc) is 3.21. The van der Waals surface area contributed by atoms with Gasteiger partial charge in [-0.3, -0.25) is 14.6 Å². The van der Waals surface area contributed by atoms with Gasteiger partial charge in [0, 0.05) is 17.8 Å². The monoisotopic (exact) mass is 438 g/mol. The van der Waals surface area contributed by atoms with Crippen molar-refractivity contribution in [2.75, 3.05) is 19.7 Å². The van der Waals surface area contributed by atoms with E-state index in [0.717, 1.165) is 4.31 Å². The smallest absolute Gasteiger partial charge is 0.309 e. The highest BCUT2D eigenvalue weighted by molar-refractivity contribution is 7.89. The predicted molar refractivity (Wildman–Crippen MR) is 104 cm³/mol. The van der Waals surface area contributed by atoms with Crippen molar-refractivity contribution in [3.8, 4) is 0 Å². The van der Waals surface area contributed by atoms with Crippen LogP contribution in [-0.2, 0) is 30.9 Å². The van der Waals surface area contributed by atoms with Crippen LogP contribution in [-0.4, -0.2) is 55.4 Å². The van der Waals surface area contributed by atoms with Gasteiger partial charge < -0.3 is 15.4 Å². The number of nitrogens with one attached hydrogen (secondary N) is 2. The molecule has 11 heteroatoms. The first-order valence-electron chi connectivity index (χ1n) is 8.73. The number of sulfonamides is 1. The van der Waals surface area contributed by atoms with Crippen molar-refractivity contribution < 1.29 is 22.7 Å². The molecule has 2 amide bonds. The number of rotatable bonds is 6. The summed E-state index contributed by atoms with van der Waals surface area (Å²) in [6, 6.07) is 11.0. The summed E-state index contributed by atoms with van der Waals surface area (Å²) in [5.74, 6) is -1.74. The number of pyridine rings is 1.